The lowest BCUT2D eigenvalue weighted by molar-refractivity contribution is 0.625. The molecule has 0 saturated carbocycles. The first-order valence-corrected chi connectivity index (χ1v) is 7.11. The van der Waals surface area contributed by atoms with E-state index in [1.165, 1.54) is 34.5 Å². The number of hydrogen-bond acceptors (Lipinski definition) is 1. The van der Waals surface area contributed by atoms with E-state index in [0.29, 0.717) is 0 Å². The molecule has 1 N–H and O–H groups in total. The average molecular weight is 271 g/mol. The third-order valence-electron chi connectivity index (χ3n) is 3.68. The molecule has 1 atom stereocenters. The maximum atomic E-state index is 13.0. The van der Waals surface area contributed by atoms with E-state index >= 15 is 0 Å². The Morgan fingerprint density at radius 3 is 2.05 bits per heavy atom. The predicted molar refractivity (Wildman–Crippen MR) is 83.7 cm³/mol. The summed E-state index contributed by atoms with van der Waals surface area (Å²) in [5.74, 6) is -0.189. The lowest BCUT2D eigenvalue weighted by Crippen LogP contribution is -2.11. The molecule has 20 heavy (non-hydrogen) atoms. The summed E-state index contributed by atoms with van der Waals surface area (Å²) in [6.45, 7) is 8.50. The lowest BCUT2D eigenvalue weighted by Gasteiger charge is -2.22. The summed E-state index contributed by atoms with van der Waals surface area (Å²) in [6.07, 6.45) is 0.957. The number of halogens is 1. The van der Waals surface area contributed by atoms with Gasteiger partial charge >= 0.3 is 0 Å². The van der Waals surface area contributed by atoms with Crippen LogP contribution in [0.2, 0.25) is 0 Å². The Hall–Kier alpha value is -1.83. The number of hydrogen-bond donors (Lipinski definition) is 1. The van der Waals surface area contributed by atoms with Crippen LogP contribution in [0.4, 0.5) is 10.1 Å². The summed E-state index contributed by atoms with van der Waals surface area (Å²) in [5.41, 5.74) is 6.09. The maximum absolute atomic E-state index is 13.0. The molecule has 106 valence electrons. The molecular weight excluding hydrogens is 249 g/mol. The van der Waals surface area contributed by atoms with Crippen molar-refractivity contribution in [3.05, 3.63) is 64.5 Å². The molecule has 0 aromatic heterocycles. The molecule has 2 heteroatoms. The summed E-state index contributed by atoms with van der Waals surface area (Å²) in [4.78, 5) is 0. The van der Waals surface area contributed by atoms with Crippen molar-refractivity contribution >= 4 is 5.69 Å². The summed E-state index contributed by atoms with van der Waals surface area (Å²) in [6, 6.07) is 11.3. The first-order chi connectivity index (χ1) is 9.51. The first-order valence-electron chi connectivity index (χ1n) is 7.11. The van der Waals surface area contributed by atoms with Gasteiger partial charge in [0.25, 0.3) is 0 Å². The molecule has 0 heterocycles. The van der Waals surface area contributed by atoms with Gasteiger partial charge in [-0.25, -0.2) is 4.39 Å². The van der Waals surface area contributed by atoms with Crippen LogP contribution >= 0.6 is 0 Å². The molecular formula is C18H22FN. The summed E-state index contributed by atoms with van der Waals surface area (Å²) in [7, 11) is 0. The molecule has 0 radical (unpaired) electrons. The van der Waals surface area contributed by atoms with Crippen molar-refractivity contribution in [3.63, 3.8) is 0 Å². The van der Waals surface area contributed by atoms with E-state index in [4.69, 9.17) is 0 Å². The van der Waals surface area contributed by atoms with Gasteiger partial charge in [-0.2, -0.15) is 0 Å². The van der Waals surface area contributed by atoms with E-state index in [0.717, 1.165) is 12.0 Å². The van der Waals surface area contributed by atoms with Crippen molar-refractivity contribution < 1.29 is 4.39 Å². The number of nitrogens with one attached hydrogen (secondary N) is 1. The molecule has 2 rings (SSSR count). The van der Waals surface area contributed by atoms with Gasteiger partial charge in [-0.3, -0.25) is 0 Å². The van der Waals surface area contributed by atoms with E-state index in [9.17, 15) is 4.39 Å². The van der Waals surface area contributed by atoms with E-state index in [1.54, 1.807) is 0 Å². The molecule has 2 aromatic carbocycles. The highest BCUT2D eigenvalue weighted by atomic mass is 19.1. The van der Waals surface area contributed by atoms with Crippen molar-refractivity contribution in [1.82, 2.24) is 0 Å². The van der Waals surface area contributed by atoms with Crippen LogP contribution in [0.5, 0.6) is 0 Å². The minimum absolute atomic E-state index is 0.189. The largest absolute Gasteiger partial charge is 0.378 e. The molecule has 1 unspecified atom stereocenters. The van der Waals surface area contributed by atoms with E-state index in [2.05, 4.69) is 45.1 Å². The zero-order chi connectivity index (χ0) is 14.7. The van der Waals surface area contributed by atoms with Crippen molar-refractivity contribution in [1.29, 1.82) is 0 Å². The van der Waals surface area contributed by atoms with E-state index in [-0.39, 0.29) is 11.9 Å². The normalized spacial score (nSPS) is 12.2. The zero-order valence-corrected chi connectivity index (χ0v) is 12.6. The lowest BCUT2D eigenvalue weighted by atomic mass is 10.0. The van der Waals surface area contributed by atoms with Gasteiger partial charge in [0, 0.05) is 5.69 Å². The number of rotatable bonds is 4. The monoisotopic (exact) mass is 271 g/mol. The molecule has 0 spiro atoms. The molecule has 0 aliphatic carbocycles. The molecule has 0 fully saturated rings. The Labute approximate surface area is 120 Å². The second-order valence-corrected chi connectivity index (χ2v) is 5.43. The predicted octanol–water partition coefficient (Wildman–Crippen LogP) is 5.31. The van der Waals surface area contributed by atoms with Crippen LogP contribution in [0.1, 0.15) is 41.6 Å². The molecule has 0 aliphatic heterocycles. The maximum Gasteiger partial charge on any atom is 0.123 e. The Balaban J connectivity index is 2.29. The highest BCUT2D eigenvalue weighted by Gasteiger charge is 2.12. The van der Waals surface area contributed by atoms with Crippen LogP contribution in [-0.4, -0.2) is 0 Å². The number of benzene rings is 2. The molecule has 0 bridgehead atoms. The quantitative estimate of drug-likeness (QED) is 0.794. The van der Waals surface area contributed by atoms with E-state index < -0.39 is 0 Å². The van der Waals surface area contributed by atoms with Crippen LogP contribution in [0, 0.1) is 26.6 Å². The van der Waals surface area contributed by atoms with Crippen molar-refractivity contribution in [2.24, 2.45) is 0 Å². The minimum atomic E-state index is -0.189. The highest BCUT2D eigenvalue weighted by molar-refractivity contribution is 5.59. The van der Waals surface area contributed by atoms with Gasteiger partial charge in [0.2, 0.25) is 0 Å². The second kappa shape index (κ2) is 6.08. The first kappa shape index (κ1) is 14.6. The fraction of sp³-hybridized carbons (Fsp3) is 0.333. The van der Waals surface area contributed by atoms with Crippen LogP contribution < -0.4 is 5.32 Å². The second-order valence-electron chi connectivity index (χ2n) is 5.43. The molecule has 0 amide bonds. The van der Waals surface area contributed by atoms with Gasteiger partial charge in [-0.1, -0.05) is 36.8 Å². The van der Waals surface area contributed by atoms with Gasteiger partial charge in [0.1, 0.15) is 5.82 Å². The van der Waals surface area contributed by atoms with Crippen molar-refractivity contribution in [2.75, 3.05) is 5.32 Å². The zero-order valence-electron chi connectivity index (χ0n) is 12.6. The average Bonchev–Trinajstić information content (AvgIpc) is 2.39. The van der Waals surface area contributed by atoms with Gasteiger partial charge in [-0.05, 0) is 56.0 Å². The highest BCUT2D eigenvalue weighted by Crippen LogP contribution is 2.28. The molecule has 0 aliphatic rings. The molecule has 0 saturated heterocycles. The van der Waals surface area contributed by atoms with Crippen molar-refractivity contribution in [2.45, 2.75) is 40.2 Å². The third kappa shape index (κ3) is 3.19. The van der Waals surface area contributed by atoms with E-state index in [1.807, 2.05) is 12.1 Å². The van der Waals surface area contributed by atoms with Gasteiger partial charge < -0.3 is 5.32 Å². The Kier molecular flexibility index (Phi) is 4.43. The number of anilines is 1. The Morgan fingerprint density at radius 1 is 1.00 bits per heavy atom. The van der Waals surface area contributed by atoms with Crippen LogP contribution in [0.15, 0.2) is 36.4 Å². The van der Waals surface area contributed by atoms with Crippen molar-refractivity contribution in [3.8, 4) is 0 Å². The fourth-order valence-electron chi connectivity index (χ4n) is 2.70. The Bertz CT molecular complexity index is 564. The summed E-state index contributed by atoms with van der Waals surface area (Å²) >= 11 is 0. The van der Waals surface area contributed by atoms with Crippen LogP contribution in [-0.2, 0) is 0 Å². The SMILES string of the molecule is CCC(Nc1c(C)cc(C)cc1C)c1ccc(F)cc1. The standard InChI is InChI=1S/C18H22FN/c1-5-17(15-6-8-16(19)9-7-15)20-18-13(3)10-12(2)11-14(18)4/h6-11,17,20H,5H2,1-4H3. The summed E-state index contributed by atoms with van der Waals surface area (Å²) in [5, 5.41) is 3.61. The number of aryl methyl sites for hydroxylation is 3. The minimum Gasteiger partial charge on any atom is -0.378 e. The van der Waals surface area contributed by atoms with Gasteiger partial charge in [0.15, 0.2) is 0 Å². The van der Waals surface area contributed by atoms with Crippen LogP contribution in [0.3, 0.4) is 0 Å². The molecule has 1 nitrogen and oxygen atoms in total. The van der Waals surface area contributed by atoms with Crippen LogP contribution in [0.25, 0.3) is 0 Å². The fourth-order valence-corrected chi connectivity index (χ4v) is 2.70. The third-order valence-corrected chi connectivity index (χ3v) is 3.68. The molecule has 2 aromatic rings. The summed E-state index contributed by atoms with van der Waals surface area (Å²) < 4.78 is 13.0. The van der Waals surface area contributed by atoms with Gasteiger partial charge in [-0.15, -0.1) is 0 Å². The topological polar surface area (TPSA) is 12.0 Å². The Morgan fingerprint density at radius 2 is 1.55 bits per heavy atom. The smallest absolute Gasteiger partial charge is 0.123 e. The van der Waals surface area contributed by atoms with Gasteiger partial charge in [0.05, 0.1) is 6.04 Å².